The van der Waals surface area contributed by atoms with Gasteiger partial charge >= 0.3 is 0 Å². The number of carbonyl (C=O) groups is 2. The highest BCUT2D eigenvalue weighted by Crippen LogP contribution is 2.26. The normalized spacial score (nSPS) is 11.8. The van der Waals surface area contributed by atoms with Crippen LogP contribution in [0.4, 0.5) is 5.13 Å². The van der Waals surface area contributed by atoms with Crippen molar-refractivity contribution in [1.29, 1.82) is 0 Å². The summed E-state index contributed by atoms with van der Waals surface area (Å²) in [5.41, 5.74) is 4.24. The molecule has 152 valence electrons. The van der Waals surface area contributed by atoms with E-state index in [4.69, 9.17) is 4.42 Å². The highest BCUT2D eigenvalue weighted by molar-refractivity contribution is 7.98. The second-order valence-electron chi connectivity index (χ2n) is 6.61. The maximum absolute atomic E-state index is 12.8. The summed E-state index contributed by atoms with van der Waals surface area (Å²) >= 11 is 2.98. The first kappa shape index (κ1) is 21.1. The third-order valence-electron chi connectivity index (χ3n) is 4.51. The Morgan fingerprint density at radius 3 is 2.76 bits per heavy atom. The number of nitrogens with one attached hydrogen (secondary N) is 2. The molecular weight excluding hydrogens is 406 g/mol. The number of thiazole rings is 1. The Bertz CT molecular complexity index is 983. The average Bonchev–Trinajstić information content (AvgIpc) is 3.39. The Morgan fingerprint density at radius 2 is 2.07 bits per heavy atom. The molecule has 0 saturated heterocycles. The van der Waals surface area contributed by atoms with E-state index in [9.17, 15) is 9.59 Å². The molecule has 0 aliphatic heterocycles. The molecule has 0 aliphatic rings. The molecule has 1 unspecified atom stereocenters. The van der Waals surface area contributed by atoms with Crippen molar-refractivity contribution in [2.75, 3.05) is 17.3 Å². The van der Waals surface area contributed by atoms with E-state index in [2.05, 4.69) is 41.6 Å². The monoisotopic (exact) mass is 429 g/mol. The molecule has 0 saturated carbocycles. The molecule has 2 amide bonds. The second kappa shape index (κ2) is 9.76. The summed E-state index contributed by atoms with van der Waals surface area (Å²) < 4.78 is 5.11. The Labute approximate surface area is 178 Å². The van der Waals surface area contributed by atoms with Gasteiger partial charge in [0.2, 0.25) is 5.91 Å². The van der Waals surface area contributed by atoms with Gasteiger partial charge in [-0.15, -0.1) is 11.3 Å². The third-order valence-corrected chi connectivity index (χ3v) is 5.92. The number of aromatic nitrogens is 1. The Hall–Kier alpha value is -2.58. The summed E-state index contributed by atoms with van der Waals surface area (Å²) in [5, 5.41) is 8.00. The number of nitrogens with zero attached hydrogens (tertiary/aromatic N) is 1. The lowest BCUT2D eigenvalue weighted by Crippen LogP contribution is -2.44. The minimum atomic E-state index is -0.672. The predicted molar refractivity (Wildman–Crippen MR) is 119 cm³/mol. The highest BCUT2D eigenvalue weighted by atomic mass is 32.2. The Morgan fingerprint density at radius 1 is 1.24 bits per heavy atom. The number of hydrogen-bond acceptors (Lipinski definition) is 6. The lowest BCUT2D eigenvalue weighted by molar-refractivity contribution is -0.118. The number of hydrogen-bond donors (Lipinski definition) is 2. The molecule has 1 atom stereocenters. The Kier molecular flexibility index (Phi) is 7.11. The predicted octanol–water partition coefficient (Wildman–Crippen LogP) is 4.51. The van der Waals surface area contributed by atoms with E-state index in [0.717, 1.165) is 17.0 Å². The first-order valence-electron chi connectivity index (χ1n) is 9.15. The van der Waals surface area contributed by atoms with Gasteiger partial charge in [0.15, 0.2) is 10.9 Å². The lowest BCUT2D eigenvalue weighted by atomic mass is 10.1. The number of rotatable bonds is 8. The van der Waals surface area contributed by atoms with E-state index < -0.39 is 11.9 Å². The van der Waals surface area contributed by atoms with Crippen LogP contribution in [-0.2, 0) is 4.79 Å². The molecule has 3 rings (SSSR count). The van der Waals surface area contributed by atoms with Crippen molar-refractivity contribution in [3.05, 3.63) is 58.9 Å². The van der Waals surface area contributed by atoms with Crippen LogP contribution in [0, 0.1) is 13.8 Å². The standard InChI is InChI=1S/C21H23N3O3S2/c1-13-6-7-15(11-14(13)2)17-12-29-21(23-17)24-19(25)16(8-10-28-3)22-20(26)18-5-4-9-27-18/h4-7,9,11-12,16H,8,10H2,1-3H3,(H,22,26)(H,23,24,25). The number of furan rings is 1. The van der Waals surface area contributed by atoms with Crippen LogP contribution in [-0.4, -0.2) is 34.8 Å². The van der Waals surface area contributed by atoms with Crippen LogP contribution in [0.1, 0.15) is 28.1 Å². The third kappa shape index (κ3) is 5.48. The number of thioether (sulfide) groups is 1. The SMILES string of the molecule is CSCCC(NC(=O)c1ccco1)C(=O)Nc1nc(-c2ccc(C)c(C)c2)cs1. The van der Waals surface area contributed by atoms with Crippen LogP contribution in [0.25, 0.3) is 11.3 Å². The fourth-order valence-corrected chi connectivity index (χ4v) is 3.89. The van der Waals surface area contributed by atoms with Crippen LogP contribution < -0.4 is 10.6 Å². The van der Waals surface area contributed by atoms with Crippen molar-refractivity contribution < 1.29 is 14.0 Å². The van der Waals surface area contributed by atoms with Crippen molar-refractivity contribution in [3.63, 3.8) is 0 Å². The number of benzene rings is 1. The van der Waals surface area contributed by atoms with Crippen molar-refractivity contribution >= 4 is 40.0 Å². The molecule has 0 aliphatic carbocycles. The van der Waals surface area contributed by atoms with E-state index in [1.165, 1.54) is 28.7 Å². The van der Waals surface area contributed by atoms with Gasteiger partial charge in [0.25, 0.3) is 5.91 Å². The fourth-order valence-electron chi connectivity index (χ4n) is 2.70. The zero-order chi connectivity index (χ0) is 20.8. The van der Waals surface area contributed by atoms with Gasteiger partial charge in [0, 0.05) is 10.9 Å². The molecule has 0 bridgehead atoms. The van der Waals surface area contributed by atoms with Gasteiger partial charge in [0.05, 0.1) is 12.0 Å². The first-order chi connectivity index (χ1) is 14.0. The van der Waals surface area contributed by atoms with Crippen LogP contribution in [0.15, 0.2) is 46.4 Å². The molecule has 2 aromatic heterocycles. The average molecular weight is 430 g/mol. The van der Waals surface area contributed by atoms with E-state index in [-0.39, 0.29) is 11.7 Å². The van der Waals surface area contributed by atoms with Crippen molar-refractivity contribution in [3.8, 4) is 11.3 Å². The quantitative estimate of drug-likeness (QED) is 0.550. The van der Waals surface area contributed by atoms with Crippen LogP contribution >= 0.6 is 23.1 Å². The molecular formula is C21H23N3O3S2. The van der Waals surface area contributed by atoms with Gasteiger partial charge in [-0.05, 0) is 61.6 Å². The van der Waals surface area contributed by atoms with Gasteiger partial charge in [0.1, 0.15) is 6.04 Å². The molecule has 0 spiro atoms. The first-order valence-corrected chi connectivity index (χ1v) is 11.4. The maximum Gasteiger partial charge on any atom is 0.287 e. The summed E-state index contributed by atoms with van der Waals surface area (Å²) in [6, 6.07) is 8.69. The number of aryl methyl sites for hydroxylation is 2. The van der Waals surface area contributed by atoms with Crippen LogP contribution in [0.5, 0.6) is 0 Å². The summed E-state index contributed by atoms with van der Waals surface area (Å²) in [4.78, 5) is 29.6. The summed E-state index contributed by atoms with van der Waals surface area (Å²) in [6.07, 6.45) is 3.89. The summed E-state index contributed by atoms with van der Waals surface area (Å²) in [6.45, 7) is 4.13. The maximum atomic E-state index is 12.8. The smallest absolute Gasteiger partial charge is 0.287 e. The van der Waals surface area contributed by atoms with E-state index in [1.807, 2.05) is 17.7 Å². The molecule has 0 fully saturated rings. The molecule has 2 heterocycles. The molecule has 3 aromatic rings. The molecule has 29 heavy (non-hydrogen) atoms. The minimum absolute atomic E-state index is 0.179. The van der Waals surface area contributed by atoms with Gasteiger partial charge in [-0.25, -0.2) is 4.98 Å². The van der Waals surface area contributed by atoms with Crippen LogP contribution in [0.3, 0.4) is 0 Å². The fraction of sp³-hybridized carbons (Fsp3) is 0.286. The molecule has 8 heteroatoms. The number of carbonyl (C=O) groups excluding carboxylic acids is 2. The lowest BCUT2D eigenvalue weighted by Gasteiger charge is -2.16. The van der Waals surface area contributed by atoms with Crippen LogP contribution in [0.2, 0.25) is 0 Å². The van der Waals surface area contributed by atoms with Gasteiger partial charge in [-0.1, -0.05) is 12.1 Å². The van der Waals surface area contributed by atoms with E-state index in [1.54, 1.807) is 23.9 Å². The van der Waals surface area contributed by atoms with Crippen molar-refractivity contribution in [1.82, 2.24) is 10.3 Å². The zero-order valence-corrected chi connectivity index (χ0v) is 18.2. The largest absolute Gasteiger partial charge is 0.459 e. The minimum Gasteiger partial charge on any atom is -0.459 e. The van der Waals surface area contributed by atoms with E-state index >= 15 is 0 Å². The topological polar surface area (TPSA) is 84.2 Å². The van der Waals surface area contributed by atoms with E-state index in [0.29, 0.717) is 11.6 Å². The molecule has 1 aromatic carbocycles. The summed E-state index contributed by atoms with van der Waals surface area (Å²) in [7, 11) is 0. The van der Waals surface area contributed by atoms with Crippen molar-refractivity contribution in [2.45, 2.75) is 26.3 Å². The van der Waals surface area contributed by atoms with Gasteiger partial charge in [-0.2, -0.15) is 11.8 Å². The Balaban J connectivity index is 1.69. The van der Waals surface area contributed by atoms with Gasteiger partial charge in [-0.3, -0.25) is 9.59 Å². The zero-order valence-electron chi connectivity index (χ0n) is 16.5. The number of anilines is 1. The summed E-state index contributed by atoms with van der Waals surface area (Å²) in [5.74, 6) is 0.215. The molecule has 0 radical (unpaired) electrons. The highest BCUT2D eigenvalue weighted by Gasteiger charge is 2.23. The number of amides is 2. The van der Waals surface area contributed by atoms with Gasteiger partial charge < -0.3 is 15.1 Å². The second-order valence-corrected chi connectivity index (χ2v) is 8.45. The van der Waals surface area contributed by atoms with Crippen molar-refractivity contribution in [2.24, 2.45) is 0 Å². The molecule has 6 nitrogen and oxygen atoms in total. The molecule has 2 N–H and O–H groups in total.